The molecule has 1 aliphatic rings. The lowest BCUT2D eigenvalue weighted by molar-refractivity contribution is -0.134. The average molecular weight is 284 g/mol. The summed E-state index contributed by atoms with van der Waals surface area (Å²) in [6, 6.07) is 14.2. The summed E-state index contributed by atoms with van der Waals surface area (Å²) in [5.41, 5.74) is 5.85. The van der Waals surface area contributed by atoms with Crippen molar-refractivity contribution in [2.24, 2.45) is 5.73 Å². The molecule has 2 aromatic rings. The van der Waals surface area contributed by atoms with Gasteiger partial charge in [-0.25, -0.2) is 0 Å². The fourth-order valence-electron chi connectivity index (χ4n) is 2.64. The maximum atomic E-state index is 12.1. The van der Waals surface area contributed by atoms with E-state index in [1.54, 1.807) is 0 Å². The fourth-order valence-corrected chi connectivity index (χ4v) is 2.64. The van der Waals surface area contributed by atoms with Crippen LogP contribution in [0.25, 0.3) is 10.8 Å². The molecule has 4 nitrogen and oxygen atoms in total. The van der Waals surface area contributed by atoms with Crippen molar-refractivity contribution in [2.75, 3.05) is 19.7 Å². The van der Waals surface area contributed by atoms with Gasteiger partial charge >= 0.3 is 0 Å². The highest BCUT2D eigenvalue weighted by Crippen LogP contribution is 2.20. The second kappa shape index (κ2) is 6.14. The van der Waals surface area contributed by atoms with Crippen molar-refractivity contribution in [1.82, 2.24) is 4.90 Å². The van der Waals surface area contributed by atoms with Gasteiger partial charge in [-0.15, -0.1) is 0 Å². The van der Waals surface area contributed by atoms with Crippen molar-refractivity contribution in [3.05, 3.63) is 42.5 Å². The number of fused-ring (bicyclic) bond motifs is 1. The van der Waals surface area contributed by atoms with Crippen molar-refractivity contribution in [1.29, 1.82) is 0 Å². The van der Waals surface area contributed by atoms with Gasteiger partial charge in [0.05, 0.1) is 0 Å². The summed E-state index contributed by atoms with van der Waals surface area (Å²) in [5.74, 6) is 0.769. The van der Waals surface area contributed by atoms with E-state index in [2.05, 4.69) is 6.07 Å². The number of nitrogens with two attached hydrogens (primary N) is 1. The first-order valence-corrected chi connectivity index (χ1v) is 7.37. The molecule has 1 amide bonds. The topological polar surface area (TPSA) is 55.6 Å². The van der Waals surface area contributed by atoms with Gasteiger partial charge in [0.2, 0.25) is 0 Å². The zero-order valence-electron chi connectivity index (χ0n) is 12.0. The van der Waals surface area contributed by atoms with E-state index in [0.717, 1.165) is 37.1 Å². The molecule has 4 heteroatoms. The SMILES string of the molecule is NC1CCN(C(=O)COc2ccc3ccccc3c2)CC1. The minimum absolute atomic E-state index is 0.0371. The quantitative estimate of drug-likeness (QED) is 0.939. The number of piperidine rings is 1. The second-order valence-corrected chi connectivity index (χ2v) is 5.52. The monoisotopic (exact) mass is 284 g/mol. The summed E-state index contributed by atoms with van der Waals surface area (Å²) in [7, 11) is 0. The molecule has 0 atom stereocenters. The van der Waals surface area contributed by atoms with E-state index in [1.165, 1.54) is 5.39 Å². The van der Waals surface area contributed by atoms with Crippen molar-refractivity contribution in [2.45, 2.75) is 18.9 Å². The Labute approximate surface area is 124 Å². The molecular formula is C17H20N2O2. The molecule has 1 saturated heterocycles. The lowest BCUT2D eigenvalue weighted by Gasteiger charge is -2.30. The summed E-state index contributed by atoms with van der Waals surface area (Å²) in [4.78, 5) is 13.9. The Morgan fingerprint density at radius 1 is 1.14 bits per heavy atom. The Morgan fingerprint density at radius 2 is 1.86 bits per heavy atom. The Morgan fingerprint density at radius 3 is 2.62 bits per heavy atom. The van der Waals surface area contributed by atoms with E-state index in [-0.39, 0.29) is 18.6 Å². The number of rotatable bonds is 3. The van der Waals surface area contributed by atoms with Crippen LogP contribution in [0, 0.1) is 0 Å². The zero-order valence-corrected chi connectivity index (χ0v) is 12.0. The molecule has 1 fully saturated rings. The average Bonchev–Trinajstić information content (AvgIpc) is 2.53. The van der Waals surface area contributed by atoms with E-state index in [0.29, 0.717) is 0 Å². The van der Waals surface area contributed by atoms with Crippen molar-refractivity contribution < 1.29 is 9.53 Å². The summed E-state index contributed by atoms with van der Waals surface area (Å²) >= 11 is 0. The van der Waals surface area contributed by atoms with E-state index in [9.17, 15) is 4.79 Å². The van der Waals surface area contributed by atoms with Crippen LogP contribution in [0.5, 0.6) is 5.75 Å². The lowest BCUT2D eigenvalue weighted by atomic mass is 10.1. The minimum atomic E-state index is 0.0371. The van der Waals surface area contributed by atoms with Crippen LogP contribution in [0.15, 0.2) is 42.5 Å². The lowest BCUT2D eigenvalue weighted by Crippen LogP contribution is -2.44. The molecule has 0 radical (unpaired) electrons. The van der Waals surface area contributed by atoms with E-state index < -0.39 is 0 Å². The maximum absolute atomic E-state index is 12.1. The van der Waals surface area contributed by atoms with Gasteiger partial charge < -0.3 is 15.4 Å². The van der Waals surface area contributed by atoms with Crippen LogP contribution in [-0.4, -0.2) is 36.5 Å². The molecule has 0 bridgehead atoms. The Bertz CT molecular complexity index is 633. The Hall–Kier alpha value is -2.07. The van der Waals surface area contributed by atoms with Crippen LogP contribution in [0.3, 0.4) is 0 Å². The van der Waals surface area contributed by atoms with Crippen LogP contribution >= 0.6 is 0 Å². The molecular weight excluding hydrogens is 264 g/mol. The van der Waals surface area contributed by atoms with E-state index >= 15 is 0 Å². The third-order valence-corrected chi connectivity index (χ3v) is 3.98. The minimum Gasteiger partial charge on any atom is -0.484 e. The van der Waals surface area contributed by atoms with E-state index in [1.807, 2.05) is 41.3 Å². The summed E-state index contributed by atoms with van der Waals surface area (Å²) in [5, 5.41) is 2.28. The fraction of sp³-hybridized carbons (Fsp3) is 0.353. The predicted octanol–water partition coefficient (Wildman–Crippen LogP) is 2.17. The molecule has 0 spiro atoms. The van der Waals surface area contributed by atoms with Crippen molar-refractivity contribution in [3.63, 3.8) is 0 Å². The van der Waals surface area contributed by atoms with Crippen molar-refractivity contribution >= 4 is 16.7 Å². The zero-order chi connectivity index (χ0) is 14.7. The van der Waals surface area contributed by atoms with Gasteiger partial charge in [0, 0.05) is 19.1 Å². The molecule has 0 aromatic heterocycles. The first-order valence-electron chi connectivity index (χ1n) is 7.37. The molecule has 21 heavy (non-hydrogen) atoms. The number of hydrogen-bond acceptors (Lipinski definition) is 3. The molecule has 1 aliphatic heterocycles. The van der Waals surface area contributed by atoms with Crippen LogP contribution in [-0.2, 0) is 4.79 Å². The highest BCUT2D eigenvalue weighted by atomic mass is 16.5. The number of ether oxygens (including phenoxy) is 1. The largest absolute Gasteiger partial charge is 0.484 e. The molecule has 0 saturated carbocycles. The number of hydrogen-bond donors (Lipinski definition) is 1. The molecule has 1 heterocycles. The number of benzene rings is 2. The van der Waals surface area contributed by atoms with Crippen LogP contribution in [0.4, 0.5) is 0 Å². The number of amides is 1. The summed E-state index contributed by atoms with van der Waals surface area (Å²) < 4.78 is 5.63. The number of likely N-dealkylation sites (tertiary alicyclic amines) is 1. The van der Waals surface area contributed by atoms with Gasteiger partial charge in [-0.2, -0.15) is 0 Å². The van der Waals surface area contributed by atoms with Gasteiger partial charge in [0.15, 0.2) is 6.61 Å². The third kappa shape index (κ3) is 3.34. The molecule has 0 unspecified atom stereocenters. The van der Waals surface area contributed by atoms with Gasteiger partial charge in [0.25, 0.3) is 5.91 Å². The summed E-state index contributed by atoms with van der Waals surface area (Å²) in [6.45, 7) is 1.57. The van der Waals surface area contributed by atoms with Gasteiger partial charge in [-0.3, -0.25) is 4.79 Å². The first kappa shape index (κ1) is 13.9. The normalized spacial score (nSPS) is 16.1. The van der Waals surface area contributed by atoms with Gasteiger partial charge in [0.1, 0.15) is 5.75 Å². The summed E-state index contributed by atoms with van der Waals surface area (Å²) in [6.07, 6.45) is 1.75. The van der Waals surface area contributed by atoms with Gasteiger partial charge in [-0.05, 0) is 35.7 Å². The molecule has 2 aromatic carbocycles. The Balaban J connectivity index is 1.59. The molecule has 0 aliphatic carbocycles. The predicted molar refractivity (Wildman–Crippen MR) is 83.2 cm³/mol. The molecule has 3 rings (SSSR count). The number of nitrogens with zero attached hydrogens (tertiary/aromatic N) is 1. The molecule has 110 valence electrons. The van der Waals surface area contributed by atoms with Gasteiger partial charge in [-0.1, -0.05) is 30.3 Å². The van der Waals surface area contributed by atoms with Crippen LogP contribution < -0.4 is 10.5 Å². The standard InChI is InChI=1S/C17H20N2O2/c18-15-7-9-19(10-8-15)17(20)12-21-16-6-5-13-3-1-2-4-14(13)11-16/h1-6,11,15H,7-10,12,18H2. The highest BCUT2D eigenvalue weighted by molar-refractivity contribution is 5.84. The highest BCUT2D eigenvalue weighted by Gasteiger charge is 2.20. The maximum Gasteiger partial charge on any atom is 0.260 e. The first-order chi connectivity index (χ1) is 10.2. The number of carbonyl (C=O) groups excluding carboxylic acids is 1. The second-order valence-electron chi connectivity index (χ2n) is 5.52. The van der Waals surface area contributed by atoms with Crippen LogP contribution in [0.2, 0.25) is 0 Å². The smallest absolute Gasteiger partial charge is 0.260 e. The van der Waals surface area contributed by atoms with Crippen LogP contribution in [0.1, 0.15) is 12.8 Å². The Kier molecular flexibility index (Phi) is 4.06. The van der Waals surface area contributed by atoms with E-state index in [4.69, 9.17) is 10.5 Å². The third-order valence-electron chi connectivity index (χ3n) is 3.98. The molecule has 2 N–H and O–H groups in total. The number of carbonyl (C=O) groups is 1. The van der Waals surface area contributed by atoms with Crippen molar-refractivity contribution in [3.8, 4) is 5.75 Å².